The monoisotopic (exact) mass is 165 g/mol. The Morgan fingerprint density at radius 2 is 1.71 bits per heavy atom. The van der Waals surface area contributed by atoms with E-state index in [1.54, 1.807) is 0 Å². The summed E-state index contributed by atoms with van der Waals surface area (Å²) in [5.41, 5.74) is 5.59. The molecule has 0 aliphatic rings. The van der Waals surface area contributed by atoms with E-state index in [1.807, 2.05) is 6.92 Å². The molecule has 0 saturated heterocycles. The molecule has 0 rings (SSSR count). The van der Waals surface area contributed by atoms with Gasteiger partial charge in [0.15, 0.2) is 0 Å². The predicted octanol–water partition coefficient (Wildman–Crippen LogP) is 1.71. The Bertz CT molecular complexity index is 53.6. The van der Waals surface area contributed by atoms with Crippen LogP contribution in [0.5, 0.6) is 0 Å². The van der Waals surface area contributed by atoms with Crippen LogP contribution < -0.4 is 5.73 Å². The minimum Gasteiger partial charge on any atom is -0.316 e. The highest BCUT2D eigenvalue weighted by Crippen LogP contribution is 2.18. The standard InChI is InChI=1S/C5H12BrN/c1-4(2)5(3,6)7/h4H,7H2,1-3H3. The van der Waals surface area contributed by atoms with Gasteiger partial charge < -0.3 is 5.73 Å². The molecule has 7 heavy (non-hydrogen) atoms. The fraction of sp³-hybridized carbons (Fsp3) is 1.00. The van der Waals surface area contributed by atoms with Crippen LogP contribution in [0.1, 0.15) is 20.8 Å². The summed E-state index contributed by atoms with van der Waals surface area (Å²) >= 11 is 3.32. The second-order valence-electron chi connectivity index (χ2n) is 2.31. The summed E-state index contributed by atoms with van der Waals surface area (Å²) in [5, 5.41) is 0. The maximum absolute atomic E-state index is 5.59. The fourth-order valence-electron chi connectivity index (χ4n) is 0. The topological polar surface area (TPSA) is 26.0 Å². The molecule has 0 saturated carbocycles. The fourth-order valence-corrected chi connectivity index (χ4v) is 0. The quantitative estimate of drug-likeness (QED) is 0.465. The highest BCUT2D eigenvalue weighted by atomic mass is 79.9. The maximum atomic E-state index is 5.59. The van der Waals surface area contributed by atoms with Crippen molar-refractivity contribution in [3.8, 4) is 0 Å². The second-order valence-corrected chi connectivity index (χ2v) is 4.01. The van der Waals surface area contributed by atoms with E-state index in [2.05, 4.69) is 29.8 Å². The van der Waals surface area contributed by atoms with Crippen LogP contribution in [0.15, 0.2) is 0 Å². The third-order valence-electron chi connectivity index (χ3n) is 1.13. The molecule has 44 valence electrons. The van der Waals surface area contributed by atoms with Gasteiger partial charge in [0.2, 0.25) is 0 Å². The molecule has 2 heteroatoms. The van der Waals surface area contributed by atoms with Gasteiger partial charge in [0, 0.05) is 0 Å². The average Bonchev–Trinajstić information content (AvgIpc) is 1.31. The van der Waals surface area contributed by atoms with Crippen molar-refractivity contribution in [3.63, 3.8) is 0 Å². The Morgan fingerprint density at radius 3 is 1.71 bits per heavy atom. The molecule has 0 bridgehead atoms. The zero-order chi connectivity index (χ0) is 6.08. The number of nitrogens with two attached hydrogens (primary N) is 1. The molecule has 0 fully saturated rings. The lowest BCUT2D eigenvalue weighted by Crippen LogP contribution is -2.33. The van der Waals surface area contributed by atoms with Gasteiger partial charge >= 0.3 is 0 Å². The van der Waals surface area contributed by atoms with Crippen LogP contribution >= 0.6 is 15.9 Å². The summed E-state index contributed by atoms with van der Waals surface area (Å²) < 4.78 is -0.188. The molecule has 0 aromatic rings. The molecule has 2 N–H and O–H groups in total. The third-order valence-corrected chi connectivity index (χ3v) is 2.04. The van der Waals surface area contributed by atoms with Gasteiger partial charge in [0.1, 0.15) is 0 Å². The average molecular weight is 166 g/mol. The van der Waals surface area contributed by atoms with E-state index in [0.717, 1.165) is 0 Å². The number of alkyl halides is 1. The van der Waals surface area contributed by atoms with Crippen LogP contribution in [0.4, 0.5) is 0 Å². The maximum Gasteiger partial charge on any atom is 0.0712 e. The van der Waals surface area contributed by atoms with Crippen LogP contribution in [0.2, 0.25) is 0 Å². The molecule has 0 spiro atoms. The van der Waals surface area contributed by atoms with E-state index in [-0.39, 0.29) is 4.45 Å². The summed E-state index contributed by atoms with van der Waals surface area (Å²) in [6.07, 6.45) is 0. The van der Waals surface area contributed by atoms with Crippen molar-refractivity contribution in [3.05, 3.63) is 0 Å². The smallest absolute Gasteiger partial charge is 0.0712 e. The summed E-state index contributed by atoms with van der Waals surface area (Å²) in [4.78, 5) is 0. The molecule has 0 aromatic heterocycles. The molecular weight excluding hydrogens is 154 g/mol. The van der Waals surface area contributed by atoms with E-state index >= 15 is 0 Å². The van der Waals surface area contributed by atoms with Crippen molar-refractivity contribution in [2.45, 2.75) is 25.2 Å². The van der Waals surface area contributed by atoms with Gasteiger partial charge in [-0.3, -0.25) is 0 Å². The highest BCUT2D eigenvalue weighted by molar-refractivity contribution is 9.10. The van der Waals surface area contributed by atoms with E-state index in [0.29, 0.717) is 5.92 Å². The van der Waals surface area contributed by atoms with Crippen molar-refractivity contribution in [1.29, 1.82) is 0 Å². The molecule has 0 aliphatic carbocycles. The van der Waals surface area contributed by atoms with Crippen molar-refractivity contribution >= 4 is 15.9 Å². The van der Waals surface area contributed by atoms with Gasteiger partial charge in [-0.05, 0) is 12.8 Å². The first kappa shape index (κ1) is 7.44. The summed E-state index contributed by atoms with van der Waals surface area (Å²) in [7, 11) is 0. The largest absolute Gasteiger partial charge is 0.316 e. The van der Waals surface area contributed by atoms with Crippen LogP contribution in [-0.2, 0) is 0 Å². The minimum absolute atomic E-state index is 0.188. The molecule has 1 unspecified atom stereocenters. The molecule has 0 amide bonds. The molecular formula is C5H12BrN. The van der Waals surface area contributed by atoms with E-state index in [4.69, 9.17) is 5.73 Å². The van der Waals surface area contributed by atoms with Crippen molar-refractivity contribution < 1.29 is 0 Å². The lowest BCUT2D eigenvalue weighted by atomic mass is 10.1. The van der Waals surface area contributed by atoms with Crippen LogP contribution in [0, 0.1) is 5.92 Å². The van der Waals surface area contributed by atoms with Crippen LogP contribution in [-0.4, -0.2) is 4.45 Å². The zero-order valence-electron chi connectivity index (χ0n) is 5.03. The lowest BCUT2D eigenvalue weighted by Gasteiger charge is -2.20. The Balaban J connectivity index is 3.54. The van der Waals surface area contributed by atoms with Gasteiger partial charge in [-0.25, -0.2) is 0 Å². The predicted molar refractivity (Wildman–Crippen MR) is 36.4 cm³/mol. The van der Waals surface area contributed by atoms with Gasteiger partial charge in [-0.15, -0.1) is 0 Å². The van der Waals surface area contributed by atoms with Gasteiger partial charge in [-0.2, -0.15) is 0 Å². The van der Waals surface area contributed by atoms with Gasteiger partial charge in [0.25, 0.3) is 0 Å². The van der Waals surface area contributed by atoms with Crippen molar-refractivity contribution in [2.24, 2.45) is 11.7 Å². The highest BCUT2D eigenvalue weighted by Gasteiger charge is 2.16. The number of rotatable bonds is 1. The molecule has 0 aliphatic heterocycles. The van der Waals surface area contributed by atoms with Crippen LogP contribution in [0.3, 0.4) is 0 Å². The normalized spacial score (nSPS) is 19.7. The minimum atomic E-state index is -0.188. The van der Waals surface area contributed by atoms with Gasteiger partial charge in [-0.1, -0.05) is 29.8 Å². The SMILES string of the molecule is CC(C)C(C)(N)Br. The van der Waals surface area contributed by atoms with E-state index < -0.39 is 0 Å². The second kappa shape index (κ2) is 2.14. The van der Waals surface area contributed by atoms with E-state index in [9.17, 15) is 0 Å². The Hall–Kier alpha value is 0.440. The number of hydrogen-bond donors (Lipinski definition) is 1. The molecule has 0 aromatic carbocycles. The first-order valence-corrected chi connectivity index (χ1v) is 3.21. The Morgan fingerprint density at radius 1 is 1.57 bits per heavy atom. The first-order chi connectivity index (χ1) is 2.94. The zero-order valence-corrected chi connectivity index (χ0v) is 6.62. The van der Waals surface area contributed by atoms with Crippen molar-refractivity contribution in [1.82, 2.24) is 0 Å². The number of halogens is 1. The van der Waals surface area contributed by atoms with Crippen LogP contribution in [0.25, 0.3) is 0 Å². The van der Waals surface area contributed by atoms with E-state index in [1.165, 1.54) is 0 Å². The third kappa shape index (κ3) is 3.06. The number of hydrogen-bond acceptors (Lipinski definition) is 1. The molecule has 0 heterocycles. The molecule has 1 atom stereocenters. The van der Waals surface area contributed by atoms with Crippen molar-refractivity contribution in [2.75, 3.05) is 0 Å². The summed E-state index contributed by atoms with van der Waals surface area (Å²) in [6, 6.07) is 0. The lowest BCUT2D eigenvalue weighted by molar-refractivity contribution is 0.494. The Kier molecular flexibility index (Phi) is 2.27. The summed E-state index contributed by atoms with van der Waals surface area (Å²) in [5.74, 6) is 0.493. The molecule has 1 nitrogen and oxygen atoms in total. The van der Waals surface area contributed by atoms with Gasteiger partial charge in [0.05, 0.1) is 4.45 Å². The Labute approximate surface area is 53.4 Å². The summed E-state index contributed by atoms with van der Waals surface area (Å²) in [6.45, 7) is 6.11. The first-order valence-electron chi connectivity index (χ1n) is 2.42. The molecule has 0 radical (unpaired) electrons.